The fraction of sp³-hybridized carbons (Fsp3) is 0.304. The first kappa shape index (κ1) is 17.9. The first-order chi connectivity index (χ1) is 14.1. The van der Waals surface area contributed by atoms with E-state index in [1.54, 1.807) is 12.0 Å². The molecule has 3 aliphatic heterocycles. The number of methoxy groups -OCH3 is 1. The molecule has 0 aromatic heterocycles. The van der Waals surface area contributed by atoms with E-state index in [1.807, 2.05) is 66.7 Å². The zero-order valence-corrected chi connectivity index (χ0v) is 16.1. The van der Waals surface area contributed by atoms with Crippen LogP contribution in [0.25, 0.3) is 0 Å². The van der Waals surface area contributed by atoms with Gasteiger partial charge in [0.2, 0.25) is 11.8 Å². The first-order valence-corrected chi connectivity index (χ1v) is 9.75. The molecular formula is C23H22N2O4. The molecular weight excluding hydrogens is 368 g/mol. The maximum absolute atomic E-state index is 13.3. The van der Waals surface area contributed by atoms with Gasteiger partial charge in [-0.2, -0.15) is 0 Å². The third-order valence-corrected chi connectivity index (χ3v) is 6.10. The van der Waals surface area contributed by atoms with Gasteiger partial charge < -0.3 is 19.7 Å². The van der Waals surface area contributed by atoms with Crippen LogP contribution in [0.1, 0.15) is 5.56 Å². The summed E-state index contributed by atoms with van der Waals surface area (Å²) in [6.07, 6.45) is 3.54. The molecule has 5 rings (SSSR count). The van der Waals surface area contributed by atoms with Crippen LogP contribution in [0.4, 0.5) is 5.69 Å². The Bertz CT molecular complexity index is 972. The van der Waals surface area contributed by atoms with Crippen LogP contribution in [0.3, 0.4) is 0 Å². The van der Waals surface area contributed by atoms with E-state index < -0.39 is 17.4 Å². The minimum Gasteiger partial charge on any atom is -0.497 e. The predicted octanol–water partition coefficient (Wildman–Crippen LogP) is 2.30. The summed E-state index contributed by atoms with van der Waals surface area (Å²) in [5.74, 6) is -0.495. The van der Waals surface area contributed by atoms with Crippen molar-refractivity contribution < 1.29 is 19.1 Å². The molecule has 3 aliphatic rings. The highest BCUT2D eigenvalue weighted by Gasteiger charge is 2.67. The van der Waals surface area contributed by atoms with Gasteiger partial charge in [-0.25, -0.2) is 0 Å². The Balaban J connectivity index is 1.37. The molecule has 0 aliphatic carbocycles. The molecule has 6 heteroatoms. The number of carbonyl (C=O) groups excluding carboxylic acids is 2. The number of rotatable bonds is 5. The largest absolute Gasteiger partial charge is 0.497 e. The molecule has 148 valence electrons. The number of benzene rings is 2. The molecule has 2 amide bonds. The Hall–Kier alpha value is -3.12. The van der Waals surface area contributed by atoms with E-state index in [9.17, 15) is 9.59 Å². The lowest BCUT2D eigenvalue weighted by atomic mass is 9.77. The molecule has 1 spiro atoms. The van der Waals surface area contributed by atoms with Crippen LogP contribution < -0.4 is 15.0 Å². The number of anilines is 1. The van der Waals surface area contributed by atoms with Crippen molar-refractivity contribution in [2.24, 2.45) is 11.8 Å². The van der Waals surface area contributed by atoms with Gasteiger partial charge in [-0.1, -0.05) is 42.5 Å². The maximum atomic E-state index is 13.3. The minimum atomic E-state index is -0.726. The van der Waals surface area contributed by atoms with E-state index in [0.29, 0.717) is 13.1 Å². The van der Waals surface area contributed by atoms with Crippen molar-refractivity contribution in [3.05, 3.63) is 72.3 Å². The van der Waals surface area contributed by atoms with Gasteiger partial charge in [0.05, 0.1) is 31.6 Å². The average molecular weight is 390 g/mol. The maximum Gasteiger partial charge on any atom is 0.234 e. The van der Waals surface area contributed by atoms with E-state index in [-0.39, 0.29) is 17.9 Å². The zero-order chi connectivity index (χ0) is 20.0. The van der Waals surface area contributed by atoms with Crippen LogP contribution in [-0.4, -0.2) is 37.2 Å². The number of carbonyl (C=O) groups is 2. The predicted molar refractivity (Wildman–Crippen MR) is 107 cm³/mol. The van der Waals surface area contributed by atoms with Gasteiger partial charge in [-0.15, -0.1) is 0 Å². The standard InChI is InChI=1S/C23H22N2O4/c1-28-17-9-7-16(8-10-17)25-14-23-12-11-18(29-23)19(20(23)22(25)27)21(26)24-13-15-5-3-2-4-6-15/h2-12,18-20H,13-14H2,1H3,(H,24,26)/t18?,19?,20?,23-/m0/s1. The fourth-order valence-corrected chi connectivity index (χ4v) is 4.68. The second kappa shape index (κ2) is 6.74. The van der Waals surface area contributed by atoms with E-state index in [0.717, 1.165) is 17.0 Å². The smallest absolute Gasteiger partial charge is 0.234 e. The summed E-state index contributed by atoms with van der Waals surface area (Å²) in [4.78, 5) is 28.0. The lowest BCUT2D eigenvalue weighted by molar-refractivity contribution is -0.132. The van der Waals surface area contributed by atoms with Gasteiger partial charge in [0.15, 0.2) is 0 Å². The molecule has 6 nitrogen and oxygen atoms in total. The zero-order valence-electron chi connectivity index (χ0n) is 16.1. The molecule has 2 saturated heterocycles. The summed E-state index contributed by atoms with van der Waals surface area (Å²) in [6.45, 7) is 0.848. The van der Waals surface area contributed by atoms with E-state index in [2.05, 4.69) is 5.32 Å². The van der Waals surface area contributed by atoms with E-state index in [1.165, 1.54) is 0 Å². The van der Waals surface area contributed by atoms with E-state index >= 15 is 0 Å². The first-order valence-electron chi connectivity index (χ1n) is 9.75. The van der Waals surface area contributed by atoms with Crippen molar-refractivity contribution in [2.45, 2.75) is 18.2 Å². The number of fused-ring (bicyclic) bond motifs is 1. The van der Waals surface area contributed by atoms with Gasteiger partial charge in [-0.3, -0.25) is 9.59 Å². The Morgan fingerprint density at radius 2 is 1.97 bits per heavy atom. The lowest BCUT2D eigenvalue weighted by Crippen LogP contribution is -2.43. The molecule has 1 N–H and O–H groups in total. The summed E-state index contributed by atoms with van der Waals surface area (Å²) in [5.41, 5.74) is 1.08. The van der Waals surface area contributed by atoms with Crippen LogP contribution in [0, 0.1) is 11.8 Å². The van der Waals surface area contributed by atoms with Crippen molar-refractivity contribution in [1.29, 1.82) is 0 Å². The summed E-state index contributed by atoms with van der Waals surface area (Å²) in [6, 6.07) is 17.1. The summed E-state index contributed by atoms with van der Waals surface area (Å²) in [7, 11) is 1.61. The fourth-order valence-electron chi connectivity index (χ4n) is 4.68. The van der Waals surface area contributed by atoms with Crippen LogP contribution in [0.15, 0.2) is 66.7 Å². The molecule has 2 aromatic carbocycles. The molecule has 3 unspecified atom stereocenters. The SMILES string of the molecule is COc1ccc(N2C[C@]34C=CC(O3)C(C(=O)NCc3ccccc3)C4C2=O)cc1. The van der Waals surface area contributed by atoms with Crippen LogP contribution >= 0.6 is 0 Å². The molecule has 2 fully saturated rings. The second-order valence-electron chi connectivity index (χ2n) is 7.73. The molecule has 0 saturated carbocycles. The molecule has 2 aromatic rings. The van der Waals surface area contributed by atoms with Crippen molar-refractivity contribution in [1.82, 2.24) is 5.32 Å². The summed E-state index contributed by atoms with van der Waals surface area (Å²) >= 11 is 0. The highest BCUT2D eigenvalue weighted by Crippen LogP contribution is 2.52. The van der Waals surface area contributed by atoms with Crippen molar-refractivity contribution in [3.63, 3.8) is 0 Å². The quantitative estimate of drug-likeness (QED) is 0.796. The topological polar surface area (TPSA) is 67.9 Å². The Morgan fingerprint density at radius 1 is 1.21 bits per heavy atom. The van der Waals surface area contributed by atoms with Crippen LogP contribution in [0.2, 0.25) is 0 Å². The third-order valence-electron chi connectivity index (χ3n) is 6.10. The monoisotopic (exact) mass is 390 g/mol. The van der Waals surface area contributed by atoms with Crippen molar-refractivity contribution in [3.8, 4) is 5.75 Å². The number of hydrogen-bond donors (Lipinski definition) is 1. The van der Waals surface area contributed by atoms with Crippen molar-refractivity contribution >= 4 is 17.5 Å². The van der Waals surface area contributed by atoms with Crippen LogP contribution in [0.5, 0.6) is 5.75 Å². The highest BCUT2D eigenvalue weighted by molar-refractivity contribution is 6.03. The Labute approximate surface area is 169 Å². The Kier molecular flexibility index (Phi) is 4.17. The molecule has 0 radical (unpaired) electrons. The molecule has 2 bridgehead atoms. The van der Waals surface area contributed by atoms with Crippen molar-refractivity contribution in [2.75, 3.05) is 18.6 Å². The molecule has 29 heavy (non-hydrogen) atoms. The summed E-state index contributed by atoms with van der Waals surface area (Å²) < 4.78 is 11.4. The normalized spacial score (nSPS) is 29.2. The second-order valence-corrected chi connectivity index (χ2v) is 7.73. The summed E-state index contributed by atoms with van der Waals surface area (Å²) in [5, 5.41) is 2.99. The number of amides is 2. The Morgan fingerprint density at radius 3 is 2.69 bits per heavy atom. The van der Waals surface area contributed by atoms with Gasteiger partial charge >= 0.3 is 0 Å². The number of nitrogens with zero attached hydrogens (tertiary/aromatic N) is 1. The van der Waals surface area contributed by atoms with Gasteiger partial charge in [0.1, 0.15) is 11.4 Å². The number of nitrogens with one attached hydrogen (secondary N) is 1. The van der Waals surface area contributed by atoms with Crippen LogP contribution in [-0.2, 0) is 20.9 Å². The molecule has 3 heterocycles. The number of hydrogen-bond acceptors (Lipinski definition) is 4. The number of ether oxygens (including phenoxy) is 2. The molecule has 4 atom stereocenters. The van der Waals surface area contributed by atoms with Gasteiger partial charge in [-0.05, 0) is 29.8 Å². The minimum absolute atomic E-state index is 0.0677. The average Bonchev–Trinajstić information content (AvgIpc) is 3.41. The van der Waals surface area contributed by atoms with Gasteiger partial charge in [0, 0.05) is 12.2 Å². The lowest BCUT2D eigenvalue weighted by Gasteiger charge is -2.23. The third kappa shape index (κ3) is 2.83. The van der Waals surface area contributed by atoms with Gasteiger partial charge in [0.25, 0.3) is 0 Å². The highest BCUT2D eigenvalue weighted by atomic mass is 16.5. The van der Waals surface area contributed by atoms with E-state index in [4.69, 9.17) is 9.47 Å².